The normalized spacial score (nSPS) is 11.0. The number of nitrogens with zero attached hydrogens (tertiary/aromatic N) is 2. The van der Waals surface area contributed by atoms with E-state index in [1.165, 1.54) is 18.0 Å². The van der Waals surface area contributed by atoms with Gasteiger partial charge < -0.3 is 4.74 Å². The first-order valence-corrected chi connectivity index (χ1v) is 11.6. The number of thiazole rings is 1. The van der Waals surface area contributed by atoms with E-state index in [1.807, 2.05) is 43.3 Å². The lowest BCUT2D eigenvalue weighted by Crippen LogP contribution is -2.19. The van der Waals surface area contributed by atoms with Gasteiger partial charge in [-0.1, -0.05) is 53.7 Å². The van der Waals surface area contributed by atoms with E-state index in [1.54, 1.807) is 47.7 Å². The van der Waals surface area contributed by atoms with Crippen LogP contribution in [0.25, 0.3) is 10.2 Å². The molecular formula is C24H19N3O3S2. The van der Waals surface area contributed by atoms with Crippen LogP contribution in [-0.4, -0.2) is 28.8 Å². The number of ether oxygens (including phenoxy) is 1. The highest BCUT2D eigenvalue weighted by atomic mass is 32.2. The highest BCUT2D eigenvalue weighted by Gasteiger charge is 2.11. The average molecular weight is 462 g/mol. The Labute approximate surface area is 193 Å². The Morgan fingerprint density at radius 2 is 1.81 bits per heavy atom. The monoisotopic (exact) mass is 461 g/mol. The molecule has 0 aliphatic rings. The van der Waals surface area contributed by atoms with Gasteiger partial charge in [-0.25, -0.2) is 15.2 Å². The van der Waals surface area contributed by atoms with Crippen LogP contribution in [0.3, 0.4) is 0 Å². The Morgan fingerprint density at radius 1 is 1.06 bits per heavy atom. The van der Waals surface area contributed by atoms with Crippen molar-refractivity contribution in [3.8, 4) is 5.75 Å². The minimum absolute atomic E-state index is 0.196. The maximum absolute atomic E-state index is 12.4. The van der Waals surface area contributed by atoms with Crippen LogP contribution < -0.4 is 10.2 Å². The van der Waals surface area contributed by atoms with Gasteiger partial charge in [0.2, 0.25) is 0 Å². The van der Waals surface area contributed by atoms with Gasteiger partial charge in [0.1, 0.15) is 5.75 Å². The largest absolute Gasteiger partial charge is 0.422 e. The van der Waals surface area contributed by atoms with Gasteiger partial charge in [0, 0.05) is 5.56 Å². The van der Waals surface area contributed by atoms with E-state index in [9.17, 15) is 9.59 Å². The van der Waals surface area contributed by atoms with Crippen molar-refractivity contribution in [2.45, 2.75) is 11.3 Å². The summed E-state index contributed by atoms with van der Waals surface area (Å²) < 4.78 is 7.43. The molecule has 160 valence electrons. The molecule has 0 unspecified atom stereocenters. The van der Waals surface area contributed by atoms with Crippen LogP contribution in [0.4, 0.5) is 0 Å². The SMILES string of the molecule is Cc1ccc(C(=O)Oc2ccccc2/C=N\NC(=O)CSc2nc3ccccc3s2)cc1. The second-order valence-electron chi connectivity index (χ2n) is 6.82. The first-order chi connectivity index (χ1) is 15.6. The Balaban J connectivity index is 1.33. The van der Waals surface area contributed by atoms with Crippen LogP contribution in [0, 0.1) is 6.92 Å². The lowest BCUT2D eigenvalue weighted by molar-refractivity contribution is -0.118. The number of hydrogen-bond donors (Lipinski definition) is 1. The van der Waals surface area contributed by atoms with Crippen LogP contribution in [0.2, 0.25) is 0 Å². The number of fused-ring (bicyclic) bond motifs is 1. The summed E-state index contributed by atoms with van der Waals surface area (Å²) in [5, 5.41) is 4.00. The molecule has 32 heavy (non-hydrogen) atoms. The average Bonchev–Trinajstić information content (AvgIpc) is 3.22. The van der Waals surface area contributed by atoms with Crippen molar-refractivity contribution in [1.82, 2.24) is 10.4 Å². The minimum Gasteiger partial charge on any atom is -0.422 e. The summed E-state index contributed by atoms with van der Waals surface area (Å²) in [6.07, 6.45) is 1.46. The molecule has 3 aromatic carbocycles. The van der Waals surface area contributed by atoms with Gasteiger partial charge in [-0.15, -0.1) is 11.3 Å². The first-order valence-electron chi connectivity index (χ1n) is 9.76. The van der Waals surface area contributed by atoms with E-state index in [0.717, 1.165) is 20.1 Å². The number of rotatable bonds is 7. The van der Waals surface area contributed by atoms with Crippen molar-refractivity contribution in [2.24, 2.45) is 5.10 Å². The summed E-state index contributed by atoms with van der Waals surface area (Å²) in [5.74, 6) is -0.150. The number of nitrogens with one attached hydrogen (secondary N) is 1. The van der Waals surface area contributed by atoms with E-state index in [-0.39, 0.29) is 11.7 Å². The zero-order valence-corrected chi connectivity index (χ0v) is 18.8. The van der Waals surface area contributed by atoms with Crippen molar-refractivity contribution in [3.63, 3.8) is 0 Å². The summed E-state index contributed by atoms with van der Waals surface area (Å²) in [6, 6.07) is 22.0. The molecule has 1 amide bonds. The summed E-state index contributed by atoms with van der Waals surface area (Å²) >= 11 is 2.91. The molecule has 6 nitrogen and oxygen atoms in total. The molecule has 0 aliphatic heterocycles. The molecule has 1 aromatic heterocycles. The highest BCUT2D eigenvalue weighted by Crippen LogP contribution is 2.29. The molecule has 0 saturated heterocycles. The third-order valence-electron chi connectivity index (χ3n) is 4.40. The van der Waals surface area contributed by atoms with Gasteiger partial charge in [-0.05, 0) is 43.3 Å². The van der Waals surface area contributed by atoms with Gasteiger partial charge in [0.15, 0.2) is 4.34 Å². The Kier molecular flexibility index (Phi) is 6.94. The third-order valence-corrected chi connectivity index (χ3v) is 6.58. The van der Waals surface area contributed by atoms with Gasteiger partial charge in [0.05, 0.1) is 27.7 Å². The molecule has 0 atom stereocenters. The van der Waals surface area contributed by atoms with E-state index < -0.39 is 5.97 Å². The van der Waals surface area contributed by atoms with Crippen molar-refractivity contribution in [2.75, 3.05) is 5.75 Å². The zero-order valence-electron chi connectivity index (χ0n) is 17.1. The number of aryl methyl sites for hydroxylation is 1. The highest BCUT2D eigenvalue weighted by molar-refractivity contribution is 8.01. The molecule has 0 fully saturated rings. The molecule has 4 rings (SSSR count). The quantitative estimate of drug-likeness (QED) is 0.137. The number of amides is 1. The predicted molar refractivity (Wildman–Crippen MR) is 129 cm³/mol. The number of thioether (sulfide) groups is 1. The zero-order chi connectivity index (χ0) is 22.3. The maximum atomic E-state index is 12.4. The van der Waals surface area contributed by atoms with Crippen molar-refractivity contribution in [1.29, 1.82) is 0 Å². The molecule has 1 heterocycles. The lowest BCUT2D eigenvalue weighted by Gasteiger charge is -2.07. The number of carbonyl (C=O) groups excluding carboxylic acids is 2. The summed E-state index contributed by atoms with van der Waals surface area (Å²) in [6.45, 7) is 1.95. The Bertz CT molecular complexity index is 1250. The van der Waals surface area contributed by atoms with Crippen molar-refractivity contribution in [3.05, 3.63) is 89.5 Å². The fourth-order valence-electron chi connectivity index (χ4n) is 2.77. The maximum Gasteiger partial charge on any atom is 0.343 e. The second-order valence-corrected chi connectivity index (χ2v) is 9.08. The molecule has 1 N–H and O–H groups in total. The van der Waals surface area contributed by atoms with Crippen LogP contribution in [0.15, 0.2) is 82.2 Å². The fourth-order valence-corrected chi connectivity index (χ4v) is 4.64. The van der Waals surface area contributed by atoms with E-state index in [4.69, 9.17) is 4.74 Å². The Morgan fingerprint density at radius 3 is 2.62 bits per heavy atom. The molecular weight excluding hydrogens is 442 g/mol. The second kappa shape index (κ2) is 10.2. The number of hydrogen-bond acceptors (Lipinski definition) is 7. The van der Waals surface area contributed by atoms with Gasteiger partial charge in [-0.3, -0.25) is 4.79 Å². The molecule has 0 aliphatic carbocycles. The number of aromatic nitrogens is 1. The van der Waals surface area contributed by atoms with E-state index in [0.29, 0.717) is 16.9 Å². The minimum atomic E-state index is -0.456. The molecule has 8 heteroatoms. The van der Waals surface area contributed by atoms with Gasteiger partial charge in [0.25, 0.3) is 5.91 Å². The molecule has 4 aromatic rings. The van der Waals surface area contributed by atoms with Crippen LogP contribution in [0.1, 0.15) is 21.5 Å². The lowest BCUT2D eigenvalue weighted by atomic mass is 10.1. The summed E-state index contributed by atoms with van der Waals surface area (Å²) in [7, 11) is 0. The van der Waals surface area contributed by atoms with Gasteiger partial charge in [-0.2, -0.15) is 5.10 Å². The standard InChI is InChI=1S/C24H19N3O3S2/c1-16-10-12-17(13-11-16)23(29)30-20-8-4-2-6-18(20)14-25-27-22(28)15-31-24-26-19-7-3-5-9-21(19)32-24/h2-14H,15H2,1H3,(H,27,28)/b25-14-. The van der Waals surface area contributed by atoms with Crippen LogP contribution >= 0.6 is 23.1 Å². The van der Waals surface area contributed by atoms with Crippen molar-refractivity contribution >= 4 is 51.4 Å². The van der Waals surface area contributed by atoms with Crippen LogP contribution in [-0.2, 0) is 4.79 Å². The summed E-state index contributed by atoms with van der Waals surface area (Å²) in [5.41, 5.74) is 5.52. The number of benzene rings is 3. The first kappa shape index (κ1) is 21.7. The number of carbonyl (C=O) groups is 2. The number of hydrazone groups is 1. The number of para-hydroxylation sites is 2. The fraction of sp³-hybridized carbons (Fsp3) is 0.0833. The van der Waals surface area contributed by atoms with Crippen molar-refractivity contribution < 1.29 is 14.3 Å². The van der Waals surface area contributed by atoms with E-state index in [2.05, 4.69) is 15.5 Å². The molecule has 0 spiro atoms. The van der Waals surface area contributed by atoms with Gasteiger partial charge >= 0.3 is 5.97 Å². The molecule has 0 radical (unpaired) electrons. The van der Waals surface area contributed by atoms with E-state index >= 15 is 0 Å². The Hall–Kier alpha value is -3.49. The number of esters is 1. The third kappa shape index (κ3) is 5.60. The topological polar surface area (TPSA) is 80.6 Å². The summed E-state index contributed by atoms with van der Waals surface area (Å²) in [4.78, 5) is 29.0. The van der Waals surface area contributed by atoms with Crippen LogP contribution in [0.5, 0.6) is 5.75 Å². The predicted octanol–water partition coefficient (Wildman–Crippen LogP) is 5.07. The smallest absolute Gasteiger partial charge is 0.343 e. The molecule has 0 saturated carbocycles. The molecule has 0 bridgehead atoms.